The number of hydrogen-bond donors (Lipinski definition) is 0. The fraction of sp³-hybridized carbons (Fsp3) is 0.800. The first-order chi connectivity index (χ1) is 13.0. The predicted molar refractivity (Wildman–Crippen MR) is 104 cm³/mol. The fourth-order valence-electron chi connectivity index (χ4n) is 5.04. The number of morpholine rings is 1. The molecule has 150 valence electrons. The van der Waals surface area contributed by atoms with Crippen LogP contribution in [0.2, 0.25) is 0 Å². The number of piperidine rings is 1. The summed E-state index contributed by atoms with van der Waals surface area (Å²) in [5, 5.41) is 4.36. The molecule has 1 atom stereocenters. The van der Waals surface area contributed by atoms with Crippen LogP contribution in [0.1, 0.15) is 35.4 Å². The number of amides is 1. The Balaban J connectivity index is 1.33. The third-order valence-corrected chi connectivity index (χ3v) is 6.89. The van der Waals surface area contributed by atoms with Gasteiger partial charge in [-0.25, -0.2) is 0 Å². The Labute approximate surface area is 162 Å². The van der Waals surface area contributed by atoms with E-state index in [0.717, 1.165) is 71.0 Å². The summed E-state index contributed by atoms with van der Waals surface area (Å²) in [6.07, 6.45) is 3.47. The van der Waals surface area contributed by atoms with Crippen LogP contribution < -0.4 is 0 Å². The first-order valence-electron chi connectivity index (χ1n) is 10.3. The molecule has 3 saturated heterocycles. The van der Waals surface area contributed by atoms with Gasteiger partial charge in [-0.15, -0.1) is 0 Å². The van der Waals surface area contributed by atoms with Gasteiger partial charge < -0.3 is 14.5 Å². The largest absolute Gasteiger partial charge is 0.379 e. The van der Waals surface area contributed by atoms with Crippen molar-refractivity contribution in [2.75, 3.05) is 59.5 Å². The van der Waals surface area contributed by atoms with E-state index in [2.05, 4.69) is 21.9 Å². The van der Waals surface area contributed by atoms with Crippen LogP contribution in [0.5, 0.6) is 0 Å². The predicted octanol–water partition coefficient (Wildman–Crippen LogP) is 0.987. The molecular weight excluding hydrogens is 342 g/mol. The van der Waals surface area contributed by atoms with Crippen LogP contribution in [0, 0.1) is 12.3 Å². The lowest BCUT2D eigenvalue weighted by Crippen LogP contribution is -2.44. The van der Waals surface area contributed by atoms with Crippen molar-refractivity contribution in [1.29, 1.82) is 0 Å². The normalized spacial score (nSPS) is 26.8. The zero-order valence-electron chi connectivity index (χ0n) is 17.0. The van der Waals surface area contributed by atoms with Crippen molar-refractivity contribution >= 4 is 5.91 Å². The molecule has 27 heavy (non-hydrogen) atoms. The van der Waals surface area contributed by atoms with Crippen LogP contribution in [0.25, 0.3) is 0 Å². The van der Waals surface area contributed by atoms with Gasteiger partial charge in [0.2, 0.25) is 0 Å². The van der Waals surface area contributed by atoms with Crippen LogP contribution in [0.15, 0.2) is 6.07 Å². The van der Waals surface area contributed by atoms with E-state index in [1.165, 1.54) is 6.42 Å². The van der Waals surface area contributed by atoms with Crippen LogP contribution in [-0.4, -0.2) is 96.0 Å². The second-order valence-electron chi connectivity index (χ2n) is 8.77. The summed E-state index contributed by atoms with van der Waals surface area (Å²) >= 11 is 0. The summed E-state index contributed by atoms with van der Waals surface area (Å²) in [6, 6.07) is 2.53. The quantitative estimate of drug-likeness (QED) is 0.789. The van der Waals surface area contributed by atoms with Gasteiger partial charge in [0.15, 0.2) is 5.69 Å². The van der Waals surface area contributed by atoms with Crippen LogP contribution in [0.4, 0.5) is 0 Å². The fourth-order valence-corrected chi connectivity index (χ4v) is 5.04. The van der Waals surface area contributed by atoms with Gasteiger partial charge in [-0.2, -0.15) is 5.10 Å². The minimum Gasteiger partial charge on any atom is -0.379 e. The smallest absolute Gasteiger partial charge is 0.274 e. The summed E-state index contributed by atoms with van der Waals surface area (Å²) < 4.78 is 7.26. The molecule has 4 heterocycles. The molecule has 1 unspecified atom stereocenters. The monoisotopic (exact) mass is 375 g/mol. The first-order valence-corrected chi connectivity index (χ1v) is 10.3. The molecule has 0 bridgehead atoms. The Morgan fingerprint density at radius 2 is 1.93 bits per heavy atom. The maximum Gasteiger partial charge on any atom is 0.274 e. The maximum atomic E-state index is 12.8. The van der Waals surface area contributed by atoms with E-state index in [1.54, 1.807) is 4.68 Å². The number of ether oxygens (including phenoxy) is 1. The molecule has 0 saturated carbocycles. The van der Waals surface area contributed by atoms with Gasteiger partial charge in [-0.1, -0.05) is 0 Å². The van der Waals surface area contributed by atoms with Gasteiger partial charge in [-0.3, -0.25) is 14.4 Å². The molecule has 7 nitrogen and oxygen atoms in total. The lowest BCUT2D eigenvalue weighted by Gasteiger charge is -2.39. The second kappa shape index (κ2) is 7.53. The molecule has 0 N–H and O–H groups in total. The highest BCUT2D eigenvalue weighted by atomic mass is 16.5. The molecule has 3 aliphatic rings. The number of rotatable bonds is 3. The van der Waals surface area contributed by atoms with Crippen molar-refractivity contribution < 1.29 is 9.53 Å². The van der Waals surface area contributed by atoms with Gasteiger partial charge in [0, 0.05) is 58.1 Å². The molecule has 4 rings (SSSR count). The van der Waals surface area contributed by atoms with Crippen molar-refractivity contribution in [3.63, 3.8) is 0 Å². The Hall–Kier alpha value is -1.44. The van der Waals surface area contributed by atoms with Gasteiger partial charge in [-0.05, 0) is 44.7 Å². The minimum atomic E-state index is 0.0877. The summed E-state index contributed by atoms with van der Waals surface area (Å²) in [4.78, 5) is 19.9. The van der Waals surface area contributed by atoms with Crippen LogP contribution in [-0.2, 0) is 11.8 Å². The van der Waals surface area contributed by atoms with Gasteiger partial charge in [0.1, 0.15) is 0 Å². The van der Waals surface area contributed by atoms with E-state index in [9.17, 15) is 4.79 Å². The molecule has 0 aliphatic carbocycles. The number of likely N-dealkylation sites (N-methyl/N-ethyl adjacent to an activating group) is 1. The van der Waals surface area contributed by atoms with Crippen LogP contribution in [0.3, 0.4) is 0 Å². The first kappa shape index (κ1) is 18.9. The molecular formula is C20H33N5O2. The number of carbonyl (C=O) groups excluding carboxylic acids is 1. The van der Waals surface area contributed by atoms with Crippen molar-refractivity contribution in [3.8, 4) is 0 Å². The summed E-state index contributed by atoms with van der Waals surface area (Å²) in [6.45, 7) is 9.85. The number of carbonyl (C=O) groups is 1. The van der Waals surface area contributed by atoms with E-state index in [4.69, 9.17) is 4.74 Å². The second-order valence-corrected chi connectivity index (χ2v) is 8.77. The zero-order valence-corrected chi connectivity index (χ0v) is 17.0. The number of hydrogen-bond acceptors (Lipinski definition) is 5. The van der Waals surface area contributed by atoms with E-state index < -0.39 is 0 Å². The zero-order chi connectivity index (χ0) is 19.0. The lowest BCUT2D eigenvalue weighted by atomic mass is 9.76. The van der Waals surface area contributed by atoms with E-state index in [0.29, 0.717) is 17.2 Å². The molecule has 7 heteroatoms. The molecule has 0 radical (unpaired) electrons. The highest BCUT2D eigenvalue weighted by Gasteiger charge is 2.45. The molecule has 0 aromatic carbocycles. The summed E-state index contributed by atoms with van der Waals surface area (Å²) in [7, 11) is 4.16. The molecule has 1 spiro atoms. The Morgan fingerprint density at radius 3 is 2.56 bits per heavy atom. The van der Waals surface area contributed by atoms with Crippen molar-refractivity contribution in [3.05, 3.63) is 17.5 Å². The van der Waals surface area contributed by atoms with Crippen molar-refractivity contribution in [1.82, 2.24) is 24.5 Å². The Morgan fingerprint density at radius 1 is 1.22 bits per heavy atom. The molecule has 1 aromatic heterocycles. The molecule has 1 amide bonds. The number of likely N-dealkylation sites (tertiary alicyclic amines) is 2. The van der Waals surface area contributed by atoms with Crippen molar-refractivity contribution in [2.24, 2.45) is 12.5 Å². The van der Waals surface area contributed by atoms with E-state index in [1.807, 2.05) is 24.9 Å². The average Bonchev–Trinajstić information content (AvgIpc) is 3.15. The third-order valence-electron chi connectivity index (χ3n) is 6.89. The average molecular weight is 376 g/mol. The minimum absolute atomic E-state index is 0.0877. The van der Waals surface area contributed by atoms with Crippen molar-refractivity contribution in [2.45, 2.75) is 32.2 Å². The van der Waals surface area contributed by atoms with Crippen LogP contribution >= 0.6 is 0 Å². The lowest BCUT2D eigenvalue weighted by molar-refractivity contribution is 0.0283. The highest BCUT2D eigenvalue weighted by Crippen LogP contribution is 2.43. The molecule has 1 aromatic rings. The van der Waals surface area contributed by atoms with E-state index in [-0.39, 0.29) is 5.91 Å². The number of nitrogens with zero attached hydrogens (tertiary/aromatic N) is 5. The third kappa shape index (κ3) is 3.91. The van der Waals surface area contributed by atoms with E-state index >= 15 is 0 Å². The maximum absolute atomic E-state index is 12.8. The van der Waals surface area contributed by atoms with Gasteiger partial charge in [0.05, 0.1) is 13.2 Å². The summed E-state index contributed by atoms with van der Waals surface area (Å²) in [5.74, 6) is 0.0877. The van der Waals surface area contributed by atoms with Gasteiger partial charge in [0.25, 0.3) is 5.91 Å². The standard InChI is InChI=1S/C20H33N5O2/c1-16-12-18(21-23(16)3)19(26)25-6-4-20(5-7-25)13-17(22(2)15-20)14-24-8-10-27-11-9-24/h12,17H,4-11,13-15H2,1-3H3. The highest BCUT2D eigenvalue weighted by molar-refractivity contribution is 5.92. The van der Waals surface area contributed by atoms with Gasteiger partial charge >= 0.3 is 0 Å². The molecule has 3 aliphatic heterocycles. The topological polar surface area (TPSA) is 53.8 Å². The SMILES string of the molecule is Cc1cc(C(=O)N2CCC3(CC2)CC(CN2CCOCC2)N(C)C3)nn1C. The number of aromatic nitrogens is 2. The Bertz CT molecular complexity index is 654. The Kier molecular flexibility index (Phi) is 5.27. The number of aryl methyl sites for hydroxylation is 2. The molecule has 3 fully saturated rings. The summed E-state index contributed by atoms with van der Waals surface area (Å²) in [5.41, 5.74) is 1.98.